The molecule has 7 nitrogen and oxygen atoms in total. The molecule has 1 aromatic carbocycles. The molecule has 0 atom stereocenters. The van der Waals surface area contributed by atoms with Crippen molar-refractivity contribution in [3.05, 3.63) is 6.07 Å². The van der Waals surface area contributed by atoms with Gasteiger partial charge < -0.3 is 24.4 Å². The van der Waals surface area contributed by atoms with Gasteiger partial charge in [0.1, 0.15) is 5.39 Å². The first-order valence-electron chi connectivity index (χ1n) is 5.01. The molecular formula is C11H12N2O5. The van der Waals surface area contributed by atoms with Gasteiger partial charge in [-0.1, -0.05) is 0 Å². The monoisotopic (exact) mass is 252 g/mol. The molecule has 0 aliphatic heterocycles. The molecule has 2 N–H and O–H groups in total. The smallest absolute Gasteiger partial charge is 0.317 e. The third kappa shape index (κ3) is 1.69. The van der Waals surface area contributed by atoms with E-state index in [0.717, 1.165) is 0 Å². The van der Waals surface area contributed by atoms with E-state index in [1.807, 2.05) is 0 Å². The van der Waals surface area contributed by atoms with Crippen molar-refractivity contribution in [1.29, 1.82) is 0 Å². The van der Waals surface area contributed by atoms with Crippen LogP contribution in [0.4, 0.5) is 0 Å². The molecule has 0 bridgehead atoms. The van der Waals surface area contributed by atoms with E-state index >= 15 is 0 Å². The molecule has 0 unspecified atom stereocenters. The summed E-state index contributed by atoms with van der Waals surface area (Å²) in [5.74, 6) is 0.538. The first-order valence-corrected chi connectivity index (χ1v) is 5.01. The third-order valence-corrected chi connectivity index (χ3v) is 2.46. The first kappa shape index (κ1) is 12.0. The minimum atomic E-state index is -0.533. The molecule has 0 aliphatic rings. The van der Waals surface area contributed by atoms with Crippen molar-refractivity contribution in [2.75, 3.05) is 21.3 Å². The lowest BCUT2D eigenvalue weighted by molar-refractivity contribution is 0.325. The summed E-state index contributed by atoms with van der Waals surface area (Å²) in [4.78, 5) is 7.26. The summed E-state index contributed by atoms with van der Waals surface area (Å²) in [5.41, 5.74) is 0.287. The molecule has 1 heterocycles. The van der Waals surface area contributed by atoms with Gasteiger partial charge in [-0.25, -0.2) is 0 Å². The van der Waals surface area contributed by atoms with Gasteiger partial charge in [-0.05, 0) is 0 Å². The van der Waals surface area contributed by atoms with Crippen LogP contribution in [0, 0.1) is 0 Å². The summed E-state index contributed by atoms with van der Waals surface area (Å²) in [5, 5.41) is 19.3. The van der Waals surface area contributed by atoms with E-state index in [9.17, 15) is 10.2 Å². The zero-order valence-corrected chi connectivity index (χ0v) is 10.1. The Morgan fingerprint density at radius 2 is 1.61 bits per heavy atom. The minimum absolute atomic E-state index is 0.240. The molecule has 0 fully saturated rings. The average Bonchev–Trinajstić information content (AvgIpc) is 2.35. The van der Waals surface area contributed by atoms with E-state index in [0.29, 0.717) is 11.5 Å². The molecule has 2 rings (SSSR count). The molecule has 0 radical (unpaired) electrons. The Morgan fingerprint density at radius 3 is 2.17 bits per heavy atom. The quantitative estimate of drug-likeness (QED) is 0.843. The van der Waals surface area contributed by atoms with Crippen molar-refractivity contribution in [1.82, 2.24) is 9.97 Å². The number of rotatable bonds is 3. The molecule has 0 spiro atoms. The van der Waals surface area contributed by atoms with Crippen LogP contribution in [0.15, 0.2) is 6.07 Å². The number of aromatic hydroxyl groups is 2. The highest BCUT2D eigenvalue weighted by atomic mass is 16.5. The molecule has 0 aliphatic carbocycles. The van der Waals surface area contributed by atoms with Crippen LogP contribution in [-0.2, 0) is 0 Å². The number of nitrogens with zero attached hydrogens (tertiary/aromatic N) is 2. The fourth-order valence-corrected chi connectivity index (χ4v) is 1.73. The first-order chi connectivity index (χ1) is 8.62. The fraction of sp³-hybridized carbons (Fsp3) is 0.273. The molecule has 0 amide bonds. The van der Waals surface area contributed by atoms with Gasteiger partial charge in [0.05, 0.1) is 26.8 Å². The maximum Gasteiger partial charge on any atom is 0.317 e. The lowest BCUT2D eigenvalue weighted by Crippen LogP contribution is -1.97. The Kier molecular flexibility index (Phi) is 2.97. The third-order valence-electron chi connectivity index (χ3n) is 2.46. The number of aromatic nitrogens is 2. The van der Waals surface area contributed by atoms with Gasteiger partial charge in [-0.3, -0.25) is 0 Å². The summed E-state index contributed by atoms with van der Waals surface area (Å²) >= 11 is 0. The number of hydrogen-bond donors (Lipinski definition) is 2. The van der Waals surface area contributed by atoms with Gasteiger partial charge in [-0.15, -0.1) is 0 Å². The van der Waals surface area contributed by atoms with E-state index in [-0.39, 0.29) is 16.7 Å². The van der Waals surface area contributed by atoms with E-state index in [1.165, 1.54) is 27.4 Å². The second kappa shape index (κ2) is 4.44. The largest absolute Gasteiger partial charge is 0.493 e. The number of ether oxygens (including phenoxy) is 3. The van der Waals surface area contributed by atoms with Crippen LogP contribution in [0.5, 0.6) is 29.1 Å². The Hall–Kier alpha value is -2.44. The van der Waals surface area contributed by atoms with Crippen LogP contribution < -0.4 is 14.2 Å². The van der Waals surface area contributed by atoms with Gasteiger partial charge >= 0.3 is 6.01 Å². The maximum absolute atomic E-state index is 9.76. The van der Waals surface area contributed by atoms with Crippen molar-refractivity contribution in [3.63, 3.8) is 0 Å². The highest BCUT2D eigenvalue weighted by Crippen LogP contribution is 2.45. The SMILES string of the molecule is COc1cc2nc(O)nc(O)c2c(OC)c1OC. The van der Waals surface area contributed by atoms with Crippen molar-refractivity contribution >= 4 is 10.9 Å². The number of fused-ring (bicyclic) bond motifs is 1. The molecule has 7 heteroatoms. The summed E-state index contributed by atoms with van der Waals surface area (Å²) in [6, 6.07) is 0.979. The molecule has 1 aromatic heterocycles. The maximum atomic E-state index is 9.76. The highest BCUT2D eigenvalue weighted by molar-refractivity contribution is 5.94. The van der Waals surface area contributed by atoms with E-state index < -0.39 is 11.9 Å². The normalized spacial score (nSPS) is 10.4. The molecular weight excluding hydrogens is 240 g/mol. The van der Waals surface area contributed by atoms with E-state index in [2.05, 4.69) is 9.97 Å². The molecule has 2 aromatic rings. The van der Waals surface area contributed by atoms with Gasteiger partial charge in [-0.2, -0.15) is 9.97 Å². The standard InChI is InChI=1S/C11H12N2O5/c1-16-6-4-5-7(9(18-3)8(6)17-2)10(14)13-11(15)12-5/h4H,1-3H3,(H2,12,13,14,15). The topological polar surface area (TPSA) is 93.9 Å². The Morgan fingerprint density at radius 1 is 0.944 bits per heavy atom. The Bertz CT molecular complexity index is 600. The van der Waals surface area contributed by atoms with Crippen molar-refractivity contribution < 1.29 is 24.4 Å². The van der Waals surface area contributed by atoms with E-state index in [1.54, 1.807) is 0 Å². The van der Waals surface area contributed by atoms with Gasteiger partial charge in [0.2, 0.25) is 11.6 Å². The average molecular weight is 252 g/mol. The molecule has 0 saturated heterocycles. The second-order valence-electron chi connectivity index (χ2n) is 3.39. The number of hydrogen-bond acceptors (Lipinski definition) is 7. The van der Waals surface area contributed by atoms with Crippen LogP contribution >= 0.6 is 0 Å². The van der Waals surface area contributed by atoms with Crippen molar-refractivity contribution in [2.24, 2.45) is 0 Å². The van der Waals surface area contributed by atoms with Crippen LogP contribution in [0.2, 0.25) is 0 Å². The summed E-state index contributed by atoms with van der Waals surface area (Å²) in [6.45, 7) is 0. The van der Waals surface area contributed by atoms with Gasteiger partial charge in [0.25, 0.3) is 0 Å². The van der Waals surface area contributed by atoms with Crippen molar-refractivity contribution in [2.45, 2.75) is 0 Å². The minimum Gasteiger partial charge on any atom is -0.493 e. The number of benzene rings is 1. The molecule has 18 heavy (non-hydrogen) atoms. The molecule has 96 valence electrons. The lowest BCUT2D eigenvalue weighted by Gasteiger charge is -2.14. The predicted molar refractivity (Wildman–Crippen MR) is 62.5 cm³/mol. The summed E-state index contributed by atoms with van der Waals surface area (Å²) in [7, 11) is 4.33. The fourth-order valence-electron chi connectivity index (χ4n) is 1.73. The Balaban J connectivity index is 2.92. The van der Waals surface area contributed by atoms with E-state index in [4.69, 9.17) is 14.2 Å². The predicted octanol–water partition coefficient (Wildman–Crippen LogP) is 1.07. The number of methoxy groups -OCH3 is 3. The van der Waals surface area contributed by atoms with Gasteiger partial charge in [0.15, 0.2) is 11.5 Å². The summed E-state index contributed by atoms with van der Waals surface area (Å²) < 4.78 is 15.5. The Labute approximate surface area is 103 Å². The van der Waals surface area contributed by atoms with Crippen LogP contribution in [0.25, 0.3) is 10.9 Å². The molecule has 0 saturated carbocycles. The summed E-state index contributed by atoms with van der Waals surface area (Å²) in [6.07, 6.45) is 0. The zero-order valence-electron chi connectivity index (χ0n) is 10.1. The zero-order chi connectivity index (χ0) is 13.3. The van der Waals surface area contributed by atoms with Crippen LogP contribution in [0.1, 0.15) is 0 Å². The second-order valence-corrected chi connectivity index (χ2v) is 3.39. The lowest BCUT2D eigenvalue weighted by atomic mass is 10.2. The van der Waals surface area contributed by atoms with Crippen LogP contribution in [-0.4, -0.2) is 41.5 Å². The highest BCUT2D eigenvalue weighted by Gasteiger charge is 2.20. The van der Waals surface area contributed by atoms with Crippen LogP contribution in [0.3, 0.4) is 0 Å². The van der Waals surface area contributed by atoms with Crippen molar-refractivity contribution in [3.8, 4) is 29.1 Å². The van der Waals surface area contributed by atoms with Gasteiger partial charge in [0, 0.05) is 6.07 Å².